The van der Waals surface area contributed by atoms with Crippen molar-refractivity contribution in [3.05, 3.63) is 42.0 Å². The Labute approximate surface area is 98.0 Å². The number of sulfone groups is 1. The first-order chi connectivity index (χ1) is 8.04. The van der Waals surface area contributed by atoms with E-state index in [0.717, 1.165) is 11.8 Å². The summed E-state index contributed by atoms with van der Waals surface area (Å²) in [6.07, 6.45) is 1.31. The normalized spacial score (nSPS) is 11.4. The van der Waals surface area contributed by atoms with Gasteiger partial charge in [0.15, 0.2) is 5.03 Å². The summed E-state index contributed by atoms with van der Waals surface area (Å²) in [7, 11) is -3.71. The molecule has 0 spiro atoms. The van der Waals surface area contributed by atoms with Gasteiger partial charge in [0.1, 0.15) is 6.26 Å². The third-order valence-corrected chi connectivity index (χ3v) is 3.84. The van der Waals surface area contributed by atoms with Gasteiger partial charge in [0.25, 0.3) is 5.89 Å². The third kappa shape index (κ3) is 2.12. The molecule has 1 heterocycles. The summed E-state index contributed by atoms with van der Waals surface area (Å²) in [6, 6.07) is 6.35. The zero-order valence-corrected chi connectivity index (χ0v) is 9.77. The number of nitrogens with zero attached hydrogens (tertiary/aromatic N) is 1. The van der Waals surface area contributed by atoms with Gasteiger partial charge in [0, 0.05) is 0 Å². The highest BCUT2D eigenvalue weighted by molar-refractivity contribution is 7.91. The molecule has 0 radical (unpaired) electrons. The minimum atomic E-state index is -3.71. The molecule has 2 aromatic rings. The average Bonchev–Trinajstić information content (AvgIpc) is 2.78. The number of hydrogen-bond donors (Lipinski definition) is 0. The van der Waals surface area contributed by atoms with E-state index in [2.05, 4.69) is 9.40 Å². The number of carbonyl (C=O) groups is 1. The SMILES string of the molecule is Cc1ccc(S(=O)(=O)c2coc(C=O)n2)cc1. The maximum atomic E-state index is 12.0. The van der Waals surface area contributed by atoms with Gasteiger partial charge in [-0.2, -0.15) is 4.98 Å². The van der Waals surface area contributed by atoms with E-state index in [9.17, 15) is 13.2 Å². The van der Waals surface area contributed by atoms with Crippen LogP contribution in [0.15, 0.2) is 44.9 Å². The highest BCUT2D eigenvalue weighted by Gasteiger charge is 2.21. The number of aldehydes is 1. The largest absolute Gasteiger partial charge is 0.441 e. The fourth-order valence-corrected chi connectivity index (χ4v) is 2.41. The second kappa shape index (κ2) is 4.14. The summed E-state index contributed by atoms with van der Waals surface area (Å²) in [5, 5.41) is -0.261. The second-order valence-corrected chi connectivity index (χ2v) is 5.35. The van der Waals surface area contributed by atoms with Gasteiger partial charge in [-0.25, -0.2) is 8.42 Å². The standard InChI is InChI=1S/C11H9NO4S/c1-8-2-4-9(5-3-8)17(14,15)11-7-16-10(6-13)12-11/h2-7H,1H3. The van der Waals surface area contributed by atoms with Gasteiger partial charge in [-0.05, 0) is 19.1 Å². The molecule has 88 valence electrons. The Morgan fingerprint density at radius 2 is 1.88 bits per heavy atom. The van der Waals surface area contributed by atoms with Crippen LogP contribution in [-0.2, 0) is 9.84 Å². The van der Waals surface area contributed by atoms with Gasteiger partial charge in [-0.15, -0.1) is 0 Å². The predicted molar refractivity (Wildman–Crippen MR) is 58.5 cm³/mol. The number of aryl methyl sites for hydroxylation is 1. The van der Waals surface area contributed by atoms with E-state index in [0.29, 0.717) is 6.29 Å². The molecule has 5 nitrogen and oxygen atoms in total. The van der Waals surface area contributed by atoms with Crippen molar-refractivity contribution in [2.24, 2.45) is 0 Å². The highest BCUT2D eigenvalue weighted by Crippen LogP contribution is 2.20. The molecule has 0 saturated carbocycles. The fourth-order valence-electron chi connectivity index (χ4n) is 1.29. The van der Waals surface area contributed by atoms with Crippen LogP contribution in [0.5, 0.6) is 0 Å². The van der Waals surface area contributed by atoms with Crippen LogP contribution >= 0.6 is 0 Å². The minimum absolute atomic E-state index is 0.119. The Hall–Kier alpha value is -1.95. The van der Waals surface area contributed by atoms with Crippen LogP contribution in [0.1, 0.15) is 16.2 Å². The second-order valence-electron chi connectivity index (χ2n) is 3.46. The number of rotatable bonds is 3. The number of benzene rings is 1. The van der Waals surface area contributed by atoms with Gasteiger partial charge >= 0.3 is 0 Å². The lowest BCUT2D eigenvalue weighted by molar-refractivity contribution is 0.109. The molecule has 0 atom stereocenters. The molecule has 6 heteroatoms. The number of hydrogen-bond acceptors (Lipinski definition) is 5. The lowest BCUT2D eigenvalue weighted by Gasteiger charge is -2.00. The van der Waals surface area contributed by atoms with Crippen molar-refractivity contribution in [2.45, 2.75) is 16.8 Å². The Morgan fingerprint density at radius 3 is 2.41 bits per heavy atom. The molecular formula is C11H9NO4S. The van der Waals surface area contributed by atoms with Crippen molar-refractivity contribution in [2.75, 3.05) is 0 Å². The van der Waals surface area contributed by atoms with Crippen molar-refractivity contribution in [3.8, 4) is 0 Å². The van der Waals surface area contributed by atoms with Crippen molar-refractivity contribution in [3.63, 3.8) is 0 Å². The molecule has 1 aromatic heterocycles. The van der Waals surface area contributed by atoms with Gasteiger partial charge in [0.05, 0.1) is 4.90 Å². The fraction of sp³-hybridized carbons (Fsp3) is 0.0909. The summed E-state index contributed by atoms with van der Waals surface area (Å²) in [5.41, 5.74) is 0.956. The highest BCUT2D eigenvalue weighted by atomic mass is 32.2. The van der Waals surface area contributed by atoms with E-state index in [-0.39, 0.29) is 15.8 Å². The monoisotopic (exact) mass is 251 g/mol. The summed E-state index contributed by atoms with van der Waals surface area (Å²) in [6.45, 7) is 1.86. The molecule has 0 unspecified atom stereocenters. The Morgan fingerprint density at radius 1 is 1.24 bits per heavy atom. The van der Waals surface area contributed by atoms with Crippen molar-refractivity contribution >= 4 is 16.1 Å². The van der Waals surface area contributed by atoms with Gasteiger partial charge in [0.2, 0.25) is 16.1 Å². The van der Waals surface area contributed by atoms with Crippen LogP contribution in [-0.4, -0.2) is 19.7 Å². The van der Waals surface area contributed by atoms with E-state index in [4.69, 9.17) is 0 Å². The maximum absolute atomic E-state index is 12.0. The Bertz CT molecular complexity index is 640. The summed E-state index contributed by atoms with van der Waals surface area (Å²) in [5.74, 6) is -0.254. The van der Waals surface area contributed by atoms with Crippen LogP contribution < -0.4 is 0 Å². The van der Waals surface area contributed by atoms with E-state index in [1.54, 1.807) is 12.1 Å². The molecule has 0 saturated heterocycles. The van der Waals surface area contributed by atoms with Crippen LogP contribution in [0.25, 0.3) is 0 Å². The number of aromatic nitrogens is 1. The summed E-state index contributed by atoms with van der Waals surface area (Å²) < 4.78 is 28.8. The molecule has 0 fully saturated rings. The quantitative estimate of drug-likeness (QED) is 0.775. The lowest BCUT2D eigenvalue weighted by Crippen LogP contribution is -2.02. The van der Waals surface area contributed by atoms with Crippen molar-refractivity contribution < 1.29 is 17.6 Å². The lowest BCUT2D eigenvalue weighted by atomic mass is 10.2. The molecular weight excluding hydrogens is 242 g/mol. The van der Waals surface area contributed by atoms with Crippen LogP contribution in [0.2, 0.25) is 0 Å². The van der Waals surface area contributed by atoms with Crippen LogP contribution in [0, 0.1) is 6.92 Å². The van der Waals surface area contributed by atoms with E-state index >= 15 is 0 Å². The van der Waals surface area contributed by atoms with Gasteiger partial charge in [-0.3, -0.25) is 4.79 Å². The molecule has 0 amide bonds. The maximum Gasteiger partial charge on any atom is 0.260 e. The third-order valence-electron chi connectivity index (χ3n) is 2.21. The first-order valence-corrected chi connectivity index (χ1v) is 6.25. The molecule has 0 bridgehead atoms. The van der Waals surface area contributed by atoms with E-state index in [1.807, 2.05) is 6.92 Å². The molecule has 0 N–H and O–H groups in total. The minimum Gasteiger partial charge on any atom is -0.441 e. The summed E-state index contributed by atoms with van der Waals surface area (Å²) >= 11 is 0. The van der Waals surface area contributed by atoms with Crippen LogP contribution in [0.4, 0.5) is 0 Å². The smallest absolute Gasteiger partial charge is 0.260 e. The molecule has 1 aromatic carbocycles. The predicted octanol–water partition coefficient (Wildman–Crippen LogP) is 1.63. The topological polar surface area (TPSA) is 77.2 Å². The van der Waals surface area contributed by atoms with E-state index < -0.39 is 9.84 Å². The summed E-state index contributed by atoms with van der Waals surface area (Å²) in [4.78, 5) is 14.1. The average molecular weight is 251 g/mol. The molecule has 17 heavy (non-hydrogen) atoms. The zero-order valence-electron chi connectivity index (χ0n) is 8.95. The molecule has 0 aliphatic heterocycles. The van der Waals surface area contributed by atoms with Gasteiger partial charge in [-0.1, -0.05) is 17.7 Å². The van der Waals surface area contributed by atoms with Gasteiger partial charge < -0.3 is 4.42 Å². The Balaban J connectivity index is 2.49. The van der Waals surface area contributed by atoms with E-state index in [1.165, 1.54) is 12.1 Å². The first kappa shape index (κ1) is 11.5. The van der Waals surface area contributed by atoms with Crippen LogP contribution in [0.3, 0.4) is 0 Å². The van der Waals surface area contributed by atoms with Crippen molar-refractivity contribution in [1.29, 1.82) is 0 Å². The number of carbonyl (C=O) groups excluding carboxylic acids is 1. The molecule has 0 aliphatic rings. The number of oxazole rings is 1. The molecule has 0 aliphatic carbocycles. The van der Waals surface area contributed by atoms with Crippen molar-refractivity contribution in [1.82, 2.24) is 4.98 Å². The molecule has 2 rings (SSSR count). The first-order valence-electron chi connectivity index (χ1n) is 4.76. The zero-order chi connectivity index (χ0) is 12.5. The Kier molecular flexibility index (Phi) is 2.81.